The van der Waals surface area contributed by atoms with Gasteiger partial charge in [-0.1, -0.05) is 11.6 Å². The number of ether oxygens (including phenoxy) is 1. The topological polar surface area (TPSA) is 33.0 Å². The molecule has 0 aromatic heterocycles. The Labute approximate surface area is 84.7 Å². The van der Waals surface area contributed by atoms with Crippen LogP contribution in [0.4, 0.5) is 8.78 Å². The number of nitriles is 1. The molecule has 0 saturated carbocycles. The van der Waals surface area contributed by atoms with E-state index in [0.717, 1.165) is 6.07 Å². The molecule has 0 bridgehead atoms. The number of nitrogens with zero attached hydrogens (tertiary/aromatic N) is 1. The molecule has 0 spiro atoms. The van der Waals surface area contributed by atoms with Gasteiger partial charge in [0.2, 0.25) is 0 Å². The lowest BCUT2D eigenvalue weighted by molar-refractivity contribution is 0.180. The van der Waals surface area contributed by atoms with Crippen LogP contribution in [0.1, 0.15) is 11.1 Å². The van der Waals surface area contributed by atoms with E-state index >= 15 is 0 Å². The highest BCUT2D eigenvalue weighted by atomic mass is 35.5. The van der Waals surface area contributed by atoms with Gasteiger partial charge in [0.15, 0.2) is 11.6 Å². The third kappa shape index (κ3) is 1.84. The predicted molar refractivity (Wildman–Crippen MR) is 46.8 cm³/mol. The van der Waals surface area contributed by atoms with Crippen molar-refractivity contribution in [2.45, 2.75) is 6.61 Å². The van der Waals surface area contributed by atoms with Gasteiger partial charge in [-0.05, 0) is 6.07 Å². The lowest BCUT2D eigenvalue weighted by Crippen LogP contribution is -2.00. The van der Waals surface area contributed by atoms with Gasteiger partial charge in [0.25, 0.3) is 0 Å². The fourth-order valence-electron chi connectivity index (χ4n) is 0.991. The quantitative estimate of drug-likeness (QED) is 0.714. The molecule has 1 aromatic rings. The summed E-state index contributed by atoms with van der Waals surface area (Å²) in [7, 11) is 1.34. The molecular formula is C9H6ClF2NO. The maximum Gasteiger partial charge on any atom is 0.177 e. The fourth-order valence-corrected chi connectivity index (χ4v) is 1.24. The maximum atomic E-state index is 13.2. The predicted octanol–water partition coefficient (Wildman–Crippen LogP) is 2.64. The monoisotopic (exact) mass is 217 g/mol. The summed E-state index contributed by atoms with van der Waals surface area (Å²) in [6, 6.07) is 2.58. The molecule has 0 radical (unpaired) electrons. The Morgan fingerprint density at radius 1 is 1.50 bits per heavy atom. The van der Waals surface area contributed by atoms with Crippen molar-refractivity contribution in [2.75, 3.05) is 7.11 Å². The van der Waals surface area contributed by atoms with E-state index in [9.17, 15) is 8.78 Å². The van der Waals surface area contributed by atoms with Crippen molar-refractivity contribution < 1.29 is 13.5 Å². The first-order valence-corrected chi connectivity index (χ1v) is 4.05. The zero-order valence-corrected chi connectivity index (χ0v) is 8.03. The summed E-state index contributed by atoms with van der Waals surface area (Å²) in [6.07, 6.45) is 0. The number of methoxy groups -OCH3 is 1. The van der Waals surface area contributed by atoms with Gasteiger partial charge < -0.3 is 4.74 Å². The molecule has 0 heterocycles. The SMILES string of the molecule is COCc1c(Cl)cc(C#N)c(F)c1F. The normalized spacial score (nSPS) is 9.93. The van der Waals surface area contributed by atoms with Crippen LogP contribution < -0.4 is 0 Å². The van der Waals surface area contributed by atoms with Gasteiger partial charge in [-0.3, -0.25) is 0 Å². The highest BCUT2D eigenvalue weighted by molar-refractivity contribution is 6.31. The number of hydrogen-bond donors (Lipinski definition) is 0. The van der Waals surface area contributed by atoms with Crippen LogP contribution in [0.25, 0.3) is 0 Å². The molecule has 2 nitrogen and oxygen atoms in total. The minimum absolute atomic E-state index is 0.0118. The van der Waals surface area contributed by atoms with Crippen LogP contribution in [-0.2, 0) is 11.3 Å². The second-order valence-electron chi connectivity index (χ2n) is 2.56. The molecule has 0 aliphatic heterocycles. The minimum Gasteiger partial charge on any atom is -0.380 e. The van der Waals surface area contributed by atoms with Gasteiger partial charge in [0, 0.05) is 12.7 Å². The Kier molecular flexibility index (Phi) is 3.39. The molecule has 14 heavy (non-hydrogen) atoms. The van der Waals surface area contributed by atoms with Gasteiger partial charge >= 0.3 is 0 Å². The molecule has 0 aliphatic carbocycles. The van der Waals surface area contributed by atoms with Crippen LogP contribution in [0.5, 0.6) is 0 Å². The molecule has 5 heteroatoms. The van der Waals surface area contributed by atoms with E-state index in [4.69, 9.17) is 16.9 Å². The van der Waals surface area contributed by atoms with Crippen molar-refractivity contribution in [3.8, 4) is 6.07 Å². The average molecular weight is 218 g/mol. The van der Waals surface area contributed by atoms with Gasteiger partial charge in [0.1, 0.15) is 6.07 Å². The van der Waals surface area contributed by atoms with E-state index in [-0.39, 0.29) is 17.2 Å². The minimum atomic E-state index is -1.19. The van der Waals surface area contributed by atoms with E-state index in [2.05, 4.69) is 4.74 Å². The third-order valence-corrected chi connectivity index (χ3v) is 2.00. The van der Waals surface area contributed by atoms with E-state index in [1.165, 1.54) is 13.2 Å². The maximum absolute atomic E-state index is 13.2. The van der Waals surface area contributed by atoms with Crippen LogP contribution in [-0.4, -0.2) is 7.11 Å². The van der Waals surface area contributed by atoms with Gasteiger partial charge in [-0.15, -0.1) is 0 Å². The Morgan fingerprint density at radius 2 is 2.14 bits per heavy atom. The van der Waals surface area contributed by atoms with Crippen molar-refractivity contribution in [1.29, 1.82) is 5.26 Å². The Bertz CT molecular complexity index is 401. The summed E-state index contributed by atoms with van der Waals surface area (Å²) in [4.78, 5) is 0. The fraction of sp³-hybridized carbons (Fsp3) is 0.222. The first-order chi connectivity index (χ1) is 6.61. The molecule has 0 N–H and O–H groups in total. The largest absolute Gasteiger partial charge is 0.380 e. The summed E-state index contributed by atoms with van der Waals surface area (Å²) >= 11 is 5.63. The number of hydrogen-bond acceptors (Lipinski definition) is 2. The lowest BCUT2D eigenvalue weighted by atomic mass is 10.1. The zero-order chi connectivity index (χ0) is 10.7. The first-order valence-electron chi connectivity index (χ1n) is 3.67. The highest BCUT2D eigenvalue weighted by Gasteiger charge is 2.16. The van der Waals surface area contributed by atoms with Crippen LogP contribution in [0.3, 0.4) is 0 Å². The molecule has 0 unspecified atom stereocenters. The van der Waals surface area contributed by atoms with Gasteiger partial charge in [0.05, 0.1) is 17.2 Å². The summed E-state index contributed by atoms with van der Waals surface area (Å²) in [5.41, 5.74) is -0.488. The summed E-state index contributed by atoms with van der Waals surface area (Å²) < 4.78 is 30.9. The first kappa shape index (κ1) is 10.9. The van der Waals surface area contributed by atoms with Crippen LogP contribution in [0.2, 0.25) is 5.02 Å². The molecular weight excluding hydrogens is 212 g/mol. The Hall–Kier alpha value is -1.18. The van der Waals surface area contributed by atoms with E-state index < -0.39 is 17.2 Å². The van der Waals surface area contributed by atoms with Crippen molar-refractivity contribution >= 4 is 11.6 Å². The third-order valence-electron chi connectivity index (χ3n) is 1.66. The molecule has 1 aromatic carbocycles. The van der Waals surface area contributed by atoms with Gasteiger partial charge in [-0.25, -0.2) is 8.78 Å². The smallest absolute Gasteiger partial charge is 0.177 e. The van der Waals surface area contributed by atoms with E-state index in [1.54, 1.807) is 0 Å². The van der Waals surface area contributed by atoms with Crippen LogP contribution >= 0.6 is 11.6 Å². The second-order valence-corrected chi connectivity index (χ2v) is 2.96. The highest BCUT2D eigenvalue weighted by Crippen LogP contribution is 2.25. The van der Waals surface area contributed by atoms with Crippen molar-refractivity contribution in [1.82, 2.24) is 0 Å². The second kappa shape index (κ2) is 4.36. The standard InChI is InChI=1S/C9H6ClF2NO/c1-14-4-6-7(10)2-5(3-13)8(11)9(6)12/h2H,4H2,1H3. The molecule has 0 atom stereocenters. The van der Waals surface area contributed by atoms with E-state index in [0.29, 0.717) is 0 Å². The number of benzene rings is 1. The molecule has 0 saturated heterocycles. The molecule has 0 aliphatic rings. The summed E-state index contributed by atoms with van der Waals surface area (Å²) in [5.74, 6) is -2.32. The van der Waals surface area contributed by atoms with Gasteiger partial charge in [-0.2, -0.15) is 5.26 Å². The van der Waals surface area contributed by atoms with Crippen LogP contribution in [0.15, 0.2) is 6.07 Å². The number of rotatable bonds is 2. The Morgan fingerprint density at radius 3 is 2.64 bits per heavy atom. The van der Waals surface area contributed by atoms with Crippen molar-refractivity contribution in [2.24, 2.45) is 0 Å². The Balaban J connectivity index is 3.35. The lowest BCUT2D eigenvalue weighted by Gasteiger charge is -2.06. The average Bonchev–Trinajstić information content (AvgIpc) is 2.18. The zero-order valence-electron chi connectivity index (χ0n) is 7.27. The van der Waals surface area contributed by atoms with E-state index in [1.807, 2.05) is 0 Å². The molecule has 74 valence electrons. The summed E-state index contributed by atoms with van der Waals surface area (Å²) in [5, 5.41) is 8.43. The molecule has 1 rings (SSSR count). The van der Waals surface area contributed by atoms with Crippen LogP contribution in [0, 0.1) is 23.0 Å². The molecule has 0 fully saturated rings. The molecule has 0 amide bonds. The summed E-state index contributed by atoms with van der Waals surface area (Å²) in [6.45, 7) is -0.132. The van der Waals surface area contributed by atoms with Crippen molar-refractivity contribution in [3.63, 3.8) is 0 Å². The number of halogens is 3. The van der Waals surface area contributed by atoms with Crippen molar-refractivity contribution in [3.05, 3.63) is 33.9 Å².